The van der Waals surface area contributed by atoms with Crippen molar-refractivity contribution in [1.82, 2.24) is 51.7 Å². The maximum Gasteiger partial charge on any atom is 0.343 e. The van der Waals surface area contributed by atoms with Gasteiger partial charge < -0.3 is 77.0 Å². The van der Waals surface area contributed by atoms with E-state index in [1.54, 1.807) is 33.8 Å². The van der Waals surface area contributed by atoms with Gasteiger partial charge in [-0.05, 0) is 68.2 Å². The molecule has 4 aliphatic heterocycles. The molecule has 6 heterocycles. The van der Waals surface area contributed by atoms with E-state index < -0.39 is 169 Å². The third-order valence-electron chi connectivity index (χ3n) is 16.1. The van der Waals surface area contributed by atoms with Gasteiger partial charge in [-0.25, -0.2) is 14.2 Å². The highest BCUT2D eigenvalue weighted by Crippen LogP contribution is 2.46. The highest BCUT2D eigenvalue weighted by Gasteiger charge is 2.47. The molecule has 30 heteroatoms. The summed E-state index contributed by atoms with van der Waals surface area (Å²) < 4.78 is 33.2. The quantitative estimate of drug-likeness (QED) is 0.0129. The van der Waals surface area contributed by atoms with Crippen LogP contribution in [0.2, 0.25) is 0 Å². The number of nitrogens with two attached hydrogens (primary N) is 1. The Morgan fingerprint density at radius 3 is 2.25 bits per heavy atom. The van der Waals surface area contributed by atoms with Crippen molar-refractivity contribution in [1.29, 1.82) is 0 Å². The Bertz CT molecular complexity index is 3410. The Hall–Kier alpha value is -8.58. The summed E-state index contributed by atoms with van der Waals surface area (Å²) in [6.07, 6.45) is -4.28. The van der Waals surface area contributed by atoms with Crippen molar-refractivity contribution in [3.05, 3.63) is 73.8 Å². The lowest BCUT2D eigenvalue weighted by Crippen LogP contribution is -2.58. The molecule has 1 aliphatic carbocycles. The van der Waals surface area contributed by atoms with Crippen LogP contribution in [0.4, 0.5) is 4.39 Å². The largest absolute Gasteiger partial charge is 0.458 e. The van der Waals surface area contributed by atoms with E-state index in [2.05, 4.69) is 37.2 Å². The van der Waals surface area contributed by atoms with Crippen molar-refractivity contribution in [2.75, 3.05) is 33.0 Å². The van der Waals surface area contributed by atoms with E-state index in [9.17, 15) is 72.9 Å². The summed E-state index contributed by atoms with van der Waals surface area (Å²) in [5.74, 6) is -9.29. The minimum Gasteiger partial charge on any atom is -0.458 e. The van der Waals surface area contributed by atoms with Gasteiger partial charge in [-0.1, -0.05) is 20.8 Å². The average Bonchev–Trinajstić information content (AvgIpc) is 1.65. The highest BCUT2D eigenvalue weighted by atomic mass is 19.1. The van der Waals surface area contributed by atoms with Gasteiger partial charge in [0.05, 0.1) is 60.6 Å². The van der Waals surface area contributed by atoms with E-state index in [1.165, 1.54) is 17.6 Å². The molecule has 5 aliphatic rings. The number of amides is 10. The zero-order valence-electron chi connectivity index (χ0n) is 48.4. The maximum absolute atomic E-state index is 15.4. The van der Waals surface area contributed by atoms with Crippen molar-refractivity contribution in [3.8, 4) is 11.4 Å². The molecule has 8 rings (SSSR count). The topological polar surface area (TPSA) is 425 Å². The van der Waals surface area contributed by atoms with Gasteiger partial charge in [-0.3, -0.25) is 57.6 Å². The number of imide groups is 1. The molecular weight excluding hydrogens is 1150 g/mol. The number of aromatic nitrogens is 2. The third-order valence-corrected chi connectivity index (χ3v) is 16.1. The first-order valence-corrected chi connectivity index (χ1v) is 28.5. The SMILES string of the molecule is CC[C@@]1(O)C(=O)OCc2c1cc1n(c2=O)Cc2c-1nc1cc(F)c(C)c3c1c2[C@@H](NC(=O)CCOCNC(=O)[C@H](C)NC(=O)[C@@H](NC(=O)[C@H](CCC(=O)NC[C@H]1O[C@@H](CC(N)=O)[C@H](O)[C@@H]1O)NC(=O)CCNC(=O)CN1C(=O)C=CC1=O)C(C)C)CC3. The summed E-state index contributed by atoms with van der Waals surface area (Å²) in [5.41, 5.74) is 6.25. The molecule has 10 amide bonds. The normalized spacial score (nSPS) is 21.7. The number of primary amides is 1. The summed E-state index contributed by atoms with van der Waals surface area (Å²) >= 11 is 0. The molecule has 468 valence electrons. The summed E-state index contributed by atoms with van der Waals surface area (Å²) in [6, 6.07) is -1.77. The number of carbonyl (C=O) groups is 11. The molecule has 87 heavy (non-hydrogen) atoms. The third kappa shape index (κ3) is 14.0. The maximum atomic E-state index is 15.4. The number of ether oxygens (including phenoxy) is 3. The number of benzene rings is 1. The van der Waals surface area contributed by atoms with Crippen LogP contribution in [0.15, 0.2) is 29.1 Å². The number of hydrogen-bond acceptors (Lipinski definition) is 19. The summed E-state index contributed by atoms with van der Waals surface area (Å²) in [7, 11) is 0. The lowest BCUT2D eigenvalue weighted by molar-refractivity contribution is -0.172. The van der Waals surface area contributed by atoms with Crippen molar-refractivity contribution in [2.24, 2.45) is 11.7 Å². The number of pyridine rings is 2. The fourth-order valence-electron chi connectivity index (χ4n) is 11.2. The zero-order valence-corrected chi connectivity index (χ0v) is 48.4. The van der Waals surface area contributed by atoms with Crippen molar-refractivity contribution >= 4 is 75.9 Å². The van der Waals surface area contributed by atoms with Gasteiger partial charge in [-0.15, -0.1) is 0 Å². The Morgan fingerprint density at radius 1 is 0.851 bits per heavy atom. The van der Waals surface area contributed by atoms with Crippen LogP contribution in [-0.2, 0) is 92.1 Å². The second-order valence-electron chi connectivity index (χ2n) is 22.3. The number of hydrogen-bond donors (Lipinski definition) is 11. The standard InChI is InChI=1S/C57H70FN11O18/c1-6-57(84)31-17-36-49-29(21-68(36)55(82)30(31)23-86-56(57)83)47-33(8-7-28-26(4)32(58)18-35(66-49)46(28)47)64-42(73)14-16-85-24-62-52(79)27(5)63-54(81)48(25(2)3)67-53(80)34(65-41(72)13-15-60-43(74)22-69-44(75)11-12-45(69)76)9-10-40(71)61-20-38-51(78)50(77)37(87-38)19-39(59)70/h11-12,17-18,25,27,33-34,37-38,48,50-51,77-78,84H,6-10,13-16,19-24H2,1-5H3,(H2,59,70)(H,60,74)(H,61,71)(H,62,79)(H,63,81)(H,64,73)(H,65,72)(H,67,80)/t27-,33-,34-,37-,38+,48-,50-,51+,57-/m0/s1. The highest BCUT2D eigenvalue weighted by molar-refractivity contribution is 6.14. The second-order valence-corrected chi connectivity index (χ2v) is 22.3. The lowest BCUT2D eigenvalue weighted by Gasteiger charge is -2.31. The first kappa shape index (κ1) is 64.4. The zero-order chi connectivity index (χ0) is 63.3. The molecule has 29 nitrogen and oxygen atoms in total. The van der Waals surface area contributed by atoms with E-state index in [1.807, 2.05) is 0 Å². The minimum atomic E-state index is -2.07. The first-order chi connectivity index (χ1) is 41.2. The van der Waals surface area contributed by atoms with Crippen LogP contribution in [-0.4, -0.2) is 170 Å². The smallest absolute Gasteiger partial charge is 0.343 e. The van der Waals surface area contributed by atoms with Crippen LogP contribution in [0.3, 0.4) is 0 Å². The summed E-state index contributed by atoms with van der Waals surface area (Å²) in [5, 5.41) is 50.7. The van der Waals surface area contributed by atoms with Crippen LogP contribution in [0, 0.1) is 18.7 Å². The van der Waals surface area contributed by atoms with Crippen LogP contribution < -0.4 is 48.5 Å². The van der Waals surface area contributed by atoms with Gasteiger partial charge in [-0.2, -0.15) is 0 Å². The number of halogens is 1. The average molecular weight is 1220 g/mol. The summed E-state index contributed by atoms with van der Waals surface area (Å²) in [4.78, 5) is 161. The molecular formula is C57H70FN11O18. The van der Waals surface area contributed by atoms with Gasteiger partial charge >= 0.3 is 5.97 Å². The predicted molar refractivity (Wildman–Crippen MR) is 299 cm³/mol. The molecule has 0 unspecified atom stereocenters. The van der Waals surface area contributed by atoms with Gasteiger partial charge in [0.2, 0.25) is 47.3 Å². The number of nitrogens with zero attached hydrogens (tertiary/aromatic N) is 3. The number of cyclic esters (lactones) is 1. The molecule has 1 saturated heterocycles. The monoisotopic (exact) mass is 1220 g/mol. The molecule has 1 aromatic carbocycles. The number of rotatable bonds is 26. The van der Waals surface area contributed by atoms with Crippen LogP contribution in [0.25, 0.3) is 22.3 Å². The summed E-state index contributed by atoms with van der Waals surface area (Å²) in [6.45, 7) is 5.71. The number of esters is 1. The molecule has 1 fully saturated rings. The molecule has 2 aromatic heterocycles. The van der Waals surface area contributed by atoms with Crippen molar-refractivity contribution < 1.29 is 86.7 Å². The number of fused-ring (bicyclic) bond motifs is 5. The van der Waals surface area contributed by atoms with Crippen LogP contribution in [0.5, 0.6) is 0 Å². The fraction of sp³-hybridized carbons (Fsp3) is 0.526. The van der Waals surface area contributed by atoms with Crippen LogP contribution in [0.1, 0.15) is 112 Å². The number of aliphatic hydroxyl groups is 3. The van der Waals surface area contributed by atoms with E-state index >= 15 is 4.39 Å². The number of aryl methyl sites for hydroxylation is 1. The van der Waals surface area contributed by atoms with Crippen molar-refractivity contribution in [3.63, 3.8) is 0 Å². The van der Waals surface area contributed by atoms with Gasteiger partial charge in [0.25, 0.3) is 17.4 Å². The molecule has 12 N–H and O–H groups in total. The fourth-order valence-corrected chi connectivity index (χ4v) is 11.2. The Morgan fingerprint density at radius 2 is 1.56 bits per heavy atom. The Balaban J connectivity index is 0.839. The Kier molecular flexibility index (Phi) is 20.0. The van der Waals surface area contributed by atoms with Gasteiger partial charge in [0, 0.05) is 60.7 Å². The van der Waals surface area contributed by atoms with Crippen molar-refractivity contribution in [2.45, 2.75) is 153 Å². The molecule has 0 radical (unpaired) electrons. The lowest BCUT2D eigenvalue weighted by atomic mass is 9.81. The molecule has 0 saturated carbocycles. The van der Waals surface area contributed by atoms with E-state index in [0.29, 0.717) is 62.3 Å². The molecule has 9 atom stereocenters. The molecule has 3 aromatic rings. The first-order valence-electron chi connectivity index (χ1n) is 28.5. The second kappa shape index (κ2) is 27.0. The molecule has 0 spiro atoms. The van der Waals surface area contributed by atoms with Gasteiger partial charge in [0.1, 0.15) is 62.1 Å². The Labute approximate surface area is 496 Å². The van der Waals surface area contributed by atoms with Crippen LogP contribution >= 0.6 is 0 Å². The number of carbonyl (C=O) groups excluding carboxylic acids is 11. The minimum absolute atomic E-state index is 0.0404. The molecule has 0 bridgehead atoms. The van der Waals surface area contributed by atoms with E-state index in [-0.39, 0.29) is 63.2 Å². The number of nitrogens with one attached hydrogen (secondary N) is 7. The van der Waals surface area contributed by atoms with E-state index in [4.69, 9.17) is 24.9 Å². The van der Waals surface area contributed by atoms with Gasteiger partial charge in [0.15, 0.2) is 5.60 Å². The predicted octanol–water partition coefficient (Wildman–Crippen LogP) is -3.07. The number of aliphatic hydroxyl groups excluding tert-OH is 2. The van der Waals surface area contributed by atoms with E-state index in [0.717, 1.165) is 12.2 Å².